The van der Waals surface area contributed by atoms with Gasteiger partial charge in [0.25, 0.3) is 0 Å². The molecule has 2 aliphatic rings. The lowest BCUT2D eigenvalue weighted by Gasteiger charge is -2.39. The topological polar surface area (TPSA) is 12.5 Å². The summed E-state index contributed by atoms with van der Waals surface area (Å²) in [6.45, 7) is 7.88. The Morgan fingerprint density at radius 2 is 1.94 bits per heavy atom. The van der Waals surface area contributed by atoms with Crippen LogP contribution < -0.4 is 0 Å². The van der Waals surface area contributed by atoms with Crippen LogP contribution in [-0.2, 0) is 4.74 Å². The maximum Gasteiger partial charge on any atom is 0.0480 e. The Balaban J connectivity index is 1.89. The second-order valence-corrected chi connectivity index (χ2v) is 5.78. The van der Waals surface area contributed by atoms with Crippen LogP contribution in [0.15, 0.2) is 12.2 Å². The van der Waals surface area contributed by atoms with Crippen molar-refractivity contribution in [3.05, 3.63) is 12.2 Å². The Bertz CT molecular complexity index is 243. The molecule has 1 unspecified atom stereocenters. The minimum Gasteiger partial charge on any atom is -0.381 e. The molecule has 2 nitrogen and oxygen atoms in total. The average molecular weight is 237 g/mol. The molecule has 0 aromatic heterocycles. The van der Waals surface area contributed by atoms with Gasteiger partial charge in [-0.2, -0.15) is 0 Å². The molecule has 1 aliphatic carbocycles. The van der Waals surface area contributed by atoms with E-state index in [2.05, 4.69) is 30.9 Å². The normalized spacial score (nSPS) is 26.9. The Morgan fingerprint density at radius 1 is 1.18 bits per heavy atom. The van der Waals surface area contributed by atoms with Gasteiger partial charge in [-0.1, -0.05) is 12.2 Å². The van der Waals surface area contributed by atoms with Crippen molar-refractivity contribution >= 4 is 0 Å². The summed E-state index contributed by atoms with van der Waals surface area (Å²) < 4.78 is 5.48. The minimum atomic E-state index is 0.670. The van der Waals surface area contributed by atoms with Gasteiger partial charge in [0, 0.05) is 31.8 Å². The first-order valence-corrected chi connectivity index (χ1v) is 7.26. The predicted octanol–water partition coefficient (Wildman–Crippen LogP) is 3.23. The number of hydrogen-bond acceptors (Lipinski definition) is 2. The molecule has 1 saturated heterocycles. The van der Waals surface area contributed by atoms with Crippen molar-refractivity contribution in [1.82, 2.24) is 4.90 Å². The van der Waals surface area contributed by atoms with Crippen LogP contribution in [0, 0.1) is 5.92 Å². The van der Waals surface area contributed by atoms with Crippen LogP contribution in [0.1, 0.15) is 46.0 Å². The van der Waals surface area contributed by atoms with Crippen LogP contribution in [0.2, 0.25) is 0 Å². The van der Waals surface area contributed by atoms with Gasteiger partial charge >= 0.3 is 0 Å². The first-order valence-electron chi connectivity index (χ1n) is 7.26. The van der Waals surface area contributed by atoms with Crippen LogP contribution in [0.25, 0.3) is 0 Å². The number of rotatable bonds is 4. The van der Waals surface area contributed by atoms with Gasteiger partial charge in [0.1, 0.15) is 0 Å². The third kappa shape index (κ3) is 3.82. The van der Waals surface area contributed by atoms with Gasteiger partial charge in [-0.05, 0) is 51.9 Å². The maximum atomic E-state index is 5.48. The number of hydrogen-bond donors (Lipinski definition) is 0. The molecule has 1 heterocycles. The van der Waals surface area contributed by atoms with Crippen LogP contribution in [0.4, 0.5) is 0 Å². The summed E-state index contributed by atoms with van der Waals surface area (Å²) in [4.78, 5) is 2.73. The second kappa shape index (κ2) is 6.55. The molecule has 0 aromatic carbocycles. The van der Waals surface area contributed by atoms with Gasteiger partial charge < -0.3 is 4.74 Å². The van der Waals surface area contributed by atoms with E-state index >= 15 is 0 Å². The van der Waals surface area contributed by atoms with Gasteiger partial charge in [-0.3, -0.25) is 4.90 Å². The molecule has 0 amide bonds. The van der Waals surface area contributed by atoms with Crippen LogP contribution in [0.3, 0.4) is 0 Å². The van der Waals surface area contributed by atoms with E-state index in [1.54, 1.807) is 0 Å². The third-order valence-corrected chi connectivity index (χ3v) is 4.17. The van der Waals surface area contributed by atoms with E-state index in [0.717, 1.165) is 25.2 Å². The molecule has 98 valence electrons. The molecule has 0 radical (unpaired) electrons. The highest BCUT2D eigenvalue weighted by atomic mass is 16.5. The molecule has 1 aliphatic heterocycles. The summed E-state index contributed by atoms with van der Waals surface area (Å²) in [6, 6.07) is 1.43. The molecule has 0 spiro atoms. The molecule has 2 heteroatoms. The lowest BCUT2D eigenvalue weighted by atomic mass is 9.92. The Morgan fingerprint density at radius 3 is 2.53 bits per heavy atom. The largest absolute Gasteiger partial charge is 0.381 e. The average Bonchev–Trinajstić information content (AvgIpc) is 2.38. The van der Waals surface area contributed by atoms with Crippen molar-refractivity contribution < 1.29 is 4.74 Å². The summed E-state index contributed by atoms with van der Waals surface area (Å²) in [5, 5.41) is 0. The third-order valence-electron chi connectivity index (χ3n) is 4.17. The summed E-state index contributed by atoms with van der Waals surface area (Å²) in [5.41, 5.74) is 0. The van der Waals surface area contributed by atoms with Crippen molar-refractivity contribution in [2.24, 2.45) is 5.92 Å². The first-order chi connectivity index (χ1) is 8.27. The van der Waals surface area contributed by atoms with Crippen LogP contribution >= 0.6 is 0 Å². The number of allylic oxidation sites excluding steroid dienone is 2. The van der Waals surface area contributed by atoms with Gasteiger partial charge in [0.05, 0.1) is 0 Å². The molecule has 0 saturated carbocycles. The van der Waals surface area contributed by atoms with E-state index in [1.165, 1.54) is 38.6 Å². The quantitative estimate of drug-likeness (QED) is 0.696. The Hall–Kier alpha value is -0.340. The fourth-order valence-electron chi connectivity index (χ4n) is 3.12. The molecule has 0 aromatic rings. The van der Waals surface area contributed by atoms with E-state index in [0.29, 0.717) is 6.04 Å². The van der Waals surface area contributed by atoms with E-state index in [1.807, 2.05) is 0 Å². The smallest absolute Gasteiger partial charge is 0.0480 e. The summed E-state index contributed by atoms with van der Waals surface area (Å²) in [6.07, 6.45) is 11.1. The van der Waals surface area contributed by atoms with Crippen molar-refractivity contribution in [2.75, 3.05) is 19.8 Å². The fourth-order valence-corrected chi connectivity index (χ4v) is 3.12. The monoisotopic (exact) mass is 237 g/mol. The van der Waals surface area contributed by atoms with Gasteiger partial charge in [0.2, 0.25) is 0 Å². The Labute approximate surface area is 106 Å². The fraction of sp³-hybridized carbons (Fsp3) is 0.867. The highest BCUT2D eigenvalue weighted by Crippen LogP contribution is 2.24. The molecule has 2 rings (SSSR count). The second-order valence-electron chi connectivity index (χ2n) is 5.78. The highest BCUT2D eigenvalue weighted by molar-refractivity contribution is 4.92. The Kier molecular flexibility index (Phi) is 5.05. The molecular formula is C15H27NO. The lowest BCUT2D eigenvalue weighted by molar-refractivity contribution is 0.0151. The summed E-state index contributed by atoms with van der Waals surface area (Å²) in [7, 11) is 0. The van der Waals surface area contributed by atoms with Crippen LogP contribution in [-0.4, -0.2) is 36.7 Å². The van der Waals surface area contributed by atoms with Crippen molar-refractivity contribution in [2.45, 2.75) is 58.0 Å². The molecular weight excluding hydrogens is 210 g/mol. The van der Waals surface area contributed by atoms with Gasteiger partial charge in [0.15, 0.2) is 0 Å². The zero-order valence-corrected chi connectivity index (χ0v) is 11.4. The standard InChI is InChI=1S/C15H27NO/c1-13(2)16(15-8-10-17-11-9-15)12-14-6-4-3-5-7-14/h3-4,13-15H,5-12H2,1-2H3. The lowest BCUT2D eigenvalue weighted by Crippen LogP contribution is -2.46. The first kappa shape index (κ1) is 13.1. The molecule has 1 atom stereocenters. The molecule has 0 N–H and O–H groups in total. The summed E-state index contributed by atoms with van der Waals surface area (Å²) >= 11 is 0. The van der Waals surface area contributed by atoms with E-state index in [9.17, 15) is 0 Å². The van der Waals surface area contributed by atoms with Gasteiger partial charge in [-0.25, -0.2) is 0 Å². The number of ether oxygens (including phenoxy) is 1. The molecule has 1 fully saturated rings. The zero-order chi connectivity index (χ0) is 12.1. The highest BCUT2D eigenvalue weighted by Gasteiger charge is 2.26. The maximum absolute atomic E-state index is 5.48. The van der Waals surface area contributed by atoms with Crippen molar-refractivity contribution in [3.8, 4) is 0 Å². The van der Waals surface area contributed by atoms with E-state index < -0.39 is 0 Å². The molecule has 17 heavy (non-hydrogen) atoms. The van der Waals surface area contributed by atoms with Gasteiger partial charge in [-0.15, -0.1) is 0 Å². The van der Waals surface area contributed by atoms with E-state index in [4.69, 9.17) is 4.74 Å². The number of nitrogens with zero attached hydrogens (tertiary/aromatic N) is 1. The van der Waals surface area contributed by atoms with Crippen LogP contribution in [0.5, 0.6) is 0 Å². The van der Waals surface area contributed by atoms with Crippen molar-refractivity contribution in [1.29, 1.82) is 0 Å². The molecule has 0 bridgehead atoms. The summed E-state index contributed by atoms with van der Waals surface area (Å²) in [5.74, 6) is 0.880. The zero-order valence-electron chi connectivity index (χ0n) is 11.4. The van der Waals surface area contributed by atoms with E-state index in [-0.39, 0.29) is 0 Å². The van der Waals surface area contributed by atoms with Crippen molar-refractivity contribution in [3.63, 3.8) is 0 Å². The minimum absolute atomic E-state index is 0.670. The SMILES string of the molecule is CC(C)N(CC1CC=CCC1)C1CCOCC1. The predicted molar refractivity (Wildman–Crippen MR) is 72.2 cm³/mol.